The van der Waals surface area contributed by atoms with Crippen molar-refractivity contribution in [3.8, 4) is 16.8 Å². The summed E-state index contributed by atoms with van der Waals surface area (Å²) in [5, 5.41) is 8.24. The van der Waals surface area contributed by atoms with Crippen molar-refractivity contribution < 1.29 is 0 Å². The van der Waals surface area contributed by atoms with Crippen LogP contribution in [0.2, 0.25) is 0 Å². The van der Waals surface area contributed by atoms with Gasteiger partial charge >= 0.3 is 0 Å². The van der Waals surface area contributed by atoms with E-state index in [0.717, 1.165) is 31.6 Å². The zero-order chi connectivity index (χ0) is 16.4. The van der Waals surface area contributed by atoms with Crippen molar-refractivity contribution in [2.45, 2.75) is 25.7 Å². The van der Waals surface area contributed by atoms with Crippen molar-refractivity contribution in [1.29, 1.82) is 0 Å². The molecule has 0 unspecified atom stereocenters. The second-order valence-electron chi connectivity index (χ2n) is 6.58. The van der Waals surface area contributed by atoms with E-state index >= 15 is 0 Å². The Bertz CT molecular complexity index is 814. The summed E-state index contributed by atoms with van der Waals surface area (Å²) in [5.74, 6) is 0.546. The average Bonchev–Trinajstić information content (AvgIpc) is 3.08. The Kier molecular flexibility index (Phi) is 4.18. The number of aromatic nitrogens is 2. The minimum Gasteiger partial charge on any atom is -0.317 e. The highest BCUT2D eigenvalue weighted by Gasteiger charge is 2.24. The Labute approximate surface area is 143 Å². The molecule has 0 radical (unpaired) electrons. The van der Waals surface area contributed by atoms with Gasteiger partial charge in [-0.2, -0.15) is 5.10 Å². The van der Waals surface area contributed by atoms with E-state index in [1.807, 2.05) is 6.20 Å². The van der Waals surface area contributed by atoms with Gasteiger partial charge in [-0.05, 0) is 50.6 Å². The molecule has 0 aliphatic carbocycles. The van der Waals surface area contributed by atoms with Gasteiger partial charge in [0.05, 0.1) is 17.6 Å². The van der Waals surface area contributed by atoms with Gasteiger partial charge in [0, 0.05) is 11.5 Å². The number of aryl methyl sites for hydroxylation is 1. The monoisotopic (exact) mass is 317 g/mol. The highest BCUT2D eigenvalue weighted by Crippen LogP contribution is 2.35. The topological polar surface area (TPSA) is 29.9 Å². The third-order valence-corrected chi connectivity index (χ3v) is 4.86. The molecule has 3 aromatic rings. The van der Waals surface area contributed by atoms with E-state index in [2.05, 4.69) is 71.5 Å². The molecule has 2 heterocycles. The second-order valence-corrected chi connectivity index (χ2v) is 6.58. The number of piperidine rings is 1. The molecule has 0 atom stereocenters. The van der Waals surface area contributed by atoms with Gasteiger partial charge in [0.15, 0.2) is 0 Å². The Morgan fingerprint density at radius 1 is 1.00 bits per heavy atom. The molecule has 122 valence electrons. The number of hydrogen-bond acceptors (Lipinski definition) is 2. The molecule has 3 nitrogen and oxygen atoms in total. The first-order valence-corrected chi connectivity index (χ1v) is 8.74. The summed E-state index contributed by atoms with van der Waals surface area (Å²) in [6, 6.07) is 19.2. The van der Waals surface area contributed by atoms with Gasteiger partial charge in [-0.25, -0.2) is 4.68 Å². The Morgan fingerprint density at radius 2 is 1.79 bits per heavy atom. The lowest BCUT2D eigenvalue weighted by Crippen LogP contribution is -2.28. The lowest BCUT2D eigenvalue weighted by atomic mass is 9.89. The molecule has 1 saturated heterocycles. The molecule has 1 aromatic heterocycles. The van der Waals surface area contributed by atoms with Crippen LogP contribution in [0.25, 0.3) is 16.8 Å². The standard InChI is InChI=1S/C21H23N3/c1-16-6-5-7-18(14-16)20-15-23-24(19-8-3-2-4-9-19)21(20)17-10-12-22-13-11-17/h2-9,14-15,17,22H,10-13H2,1H3. The fraction of sp³-hybridized carbons (Fsp3) is 0.286. The fourth-order valence-corrected chi connectivity index (χ4v) is 3.66. The molecule has 24 heavy (non-hydrogen) atoms. The summed E-state index contributed by atoms with van der Waals surface area (Å²) in [6.45, 7) is 4.31. The highest BCUT2D eigenvalue weighted by atomic mass is 15.3. The second kappa shape index (κ2) is 6.62. The van der Waals surface area contributed by atoms with Crippen LogP contribution >= 0.6 is 0 Å². The lowest BCUT2D eigenvalue weighted by Gasteiger charge is -2.25. The van der Waals surface area contributed by atoms with E-state index in [1.165, 1.54) is 22.4 Å². The number of benzene rings is 2. The van der Waals surface area contributed by atoms with Crippen molar-refractivity contribution in [3.63, 3.8) is 0 Å². The summed E-state index contributed by atoms with van der Waals surface area (Å²) in [4.78, 5) is 0. The van der Waals surface area contributed by atoms with E-state index in [1.54, 1.807) is 0 Å². The maximum atomic E-state index is 4.76. The lowest BCUT2D eigenvalue weighted by molar-refractivity contribution is 0.446. The largest absolute Gasteiger partial charge is 0.317 e. The van der Waals surface area contributed by atoms with Crippen LogP contribution in [0.1, 0.15) is 30.0 Å². The molecule has 1 fully saturated rings. The maximum Gasteiger partial charge on any atom is 0.0649 e. The van der Waals surface area contributed by atoms with Crippen LogP contribution in [0, 0.1) is 6.92 Å². The zero-order valence-corrected chi connectivity index (χ0v) is 14.1. The van der Waals surface area contributed by atoms with Crippen LogP contribution in [0.5, 0.6) is 0 Å². The first-order chi connectivity index (χ1) is 11.8. The number of nitrogens with zero attached hydrogens (tertiary/aromatic N) is 2. The predicted octanol–water partition coefficient (Wildman–Crippen LogP) is 4.31. The van der Waals surface area contributed by atoms with E-state index < -0.39 is 0 Å². The molecule has 0 amide bonds. The van der Waals surface area contributed by atoms with Gasteiger partial charge in [-0.3, -0.25) is 0 Å². The van der Waals surface area contributed by atoms with Crippen molar-refractivity contribution in [1.82, 2.24) is 15.1 Å². The molecule has 4 rings (SSSR count). The highest BCUT2D eigenvalue weighted by molar-refractivity contribution is 5.67. The smallest absolute Gasteiger partial charge is 0.0649 e. The van der Waals surface area contributed by atoms with E-state index in [0.29, 0.717) is 5.92 Å². The molecule has 0 saturated carbocycles. The van der Waals surface area contributed by atoms with Crippen molar-refractivity contribution in [2.24, 2.45) is 0 Å². The summed E-state index contributed by atoms with van der Waals surface area (Å²) in [6.07, 6.45) is 4.37. The van der Waals surface area contributed by atoms with Crippen molar-refractivity contribution in [2.75, 3.05) is 13.1 Å². The summed E-state index contributed by atoms with van der Waals surface area (Å²) in [7, 11) is 0. The molecule has 1 N–H and O–H groups in total. The average molecular weight is 317 g/mol. The molecule has 2 aromatic carbocycles. The van der Waals surface area contributed by atoms with E-state index in [9.17, 15) is 0 Å². The van der Waals surface area contributed by atoms with Crippen LogP contribution in [-0.4, -0.2) is 22.9 Å². The molecule has 0 bridgehead atoms. The molecule has 3 heteroatoms. The third-order valence-electron chi connectivity index (χ3n) is 4.86. The van der Waals surface area contributed by atoms with Gasteiger partial charge in [-0.1, -0.05) is 48.0 Å². The van der Waals surface area contributed by atoms with Gasteiger partial charge in [0.25, 0.3) is 0 Å². The number of hydrogen-bond donors (Lipinski definition) is 1. The van der Waals surface area contributed by atoms with Gasteiger partial charge in [0.1, 0.15) is 0 Å². The molecule has 0 spiro atoms. The Balaban J connectivity index is 1.86. The molecular formula is C21H23N3. The predicted molar refractivity (Wildman–Crippen MR) is 98.6 cm³/mol. The summed E-state index contributed by atoms with van der Waals surface area (Å²) in [5.41, 5.74) is 6.33. The van der Waals surface area contributed by atoms with Gasteiger partial charge < -0.3 is 5.32 Å². The minimum absolute atomic E-state index is 0.546. The first-order valence-electron chi connectivity index (χ1n) is 8.74. The van der Waals surface area contributed by atoms with Crippen LogP contribution in [0.15, 0.2) is 60.8 Å². The van der Waals surface area contributed by atoms with Crippen molar-refractivity contribution in [3.05, 3.63) is 72.1 Å². The Hall–Kier alpha value is -2.39. The maximum absolute atomic E-state index is 4.76. The van der Waals surface area contributed by atoms with Gasteiger partial charge in [-0.15, -0.1) is 0 Å². The minimum atomic E-state index is 0.546. The fourth-order valence-electron chi connectivity index (χ4n) is 3.66. The summed E-state index contributed by atoms with van der Waals surface area (Å²) < 4.78 is 2.15. The number of nitrogens with one attached hydrogen (secondary N) is 1. The quantitative estimate of drug-likeness (QED) is 0.780. The van der Waals surface area contributed by atoms with Crippen LogP contribution in [0.4, 0.5) is 0 Å². The van der Waals surface area contributed by atoms with Crippen LogP contribution < -0.4 is 5.32 Å². The van der Waals surface area contributed by atoms with Crippen LogP contribution in [0.3, 0.4) is 0 Å². The van der Waals surface area contributed by atoms with E-state index in [4.69, 9.17) is 5.10 Å². The normalized spacial score (nSPS) is 15.5. The first kappa shape index (κ1) is 15.2. The molecular weight excluding hydrogens is 294 g/mol. The zero-order valence-electron chi connectivity index (χ0n) is 14.1. The van der Waals surface area contributed by atoms with E-state index in [-0.39, 0.29) is 0 Å². The van der Waals surface area contributed by atoms with Crippen molar-refractivity contribution >= 4 is 0 Å². The SMILES string of the molecule is Cc1cccc(-c2cnn(-c3ccccc3)c2C2CCNCC2)c1. The third kappa shape index (κ3) is 2.87. The van der Waals surface area contributed by atoms with Gasteiger partial charge in [0.2, 0.25) is 0 Å². The summed E-state index contributed by atoms with van der Waals surface area (Å²) >= 11 is 0. The molecule has 1 aliphatic rings. The Morgan fingerprint density at radius 3 is 2.54 bits per heavy atom. The molecule has 1 aliphatic heterocycles. The number of rotatable bonds is 3. The van der Waals surface area contributed by atoms with Crippen LogP contribution in [-0.2, 0) is 0 Å². The number of para-hydroxylation sites is 1.